The molecule has 2 aromatic carbocycles. The number of amides is 3. The molecule has 1 saturated heterocycles. The summed E-state index contributed by atoms with van der Waals surface area (Å²) < 4.78 is 20.0. The van der Waals surface area contributed by atoms with Gasteiger partial charge in [-0.25, -0.2) is 4.39 Å². The number of hydrogen-bond donors (Lipinski definition) is 4. The highest BCUT2D eigenvalue weighted by Crippen LogP contribution is 2.37. The summed E-state index contributed by atoms with van der Waals surface area (Å²) in [6.45, 7) is 0.173. The normalized spacial score (nSPS) is 22.1. The monoisotopic (exact) mass is 456 g/mol. The molecule has 4 rings (SSSR count). The fraction of sp³-hybridized carbons (Fsp3) is 0.348. The van der Waals surface area contributed by atoms with Crippen molar-refractivity contribution in [2.45, 2.75) is 37.9 Å². The minimum Gasteiger partial charge on any atom is -0.381 e. The molecule has 9 nitrogen and oxygen atoms in total. The van der Waals surface area contributed by atoms with E-state index in [9.17, 15) is 23.9 Å². The van der Waals surface area contributed by atoms with E-state index >= 15 is 0 Å². The molecule has 4 N–H and O–H groups in total. The average Bonchev–Trinajstić information content (AvgIpc) is 3.17. The first-order valence-electron chi connectivity index (χ1n) is 10.5. The highest BCUT2D eigenvalue weighted by molar-refractivity contribution is 6.00. The van der Waals surface area contributed by atoms with Crippen molar-refractivity contribution < 1.29 is 28.6 Å². The van der Waals surface area contributed by atoms with Crippen LogP contribution in [0.2, 0.25) is 0 Å². The number of fused-ring (bicyclic) bond motifs is 1. The van der Waals surface area contributed by atoms with Crippen LogP contribution >= 0.6 is 0 Å². The second-order valence-electron chi connectivity index (χ2n) is 8.00. The lowest BCUT2D eigenvalue weighted by atomic mass is 9.98. The zero-order valence-electron chi connectivity index (χ0n) is 18.3. The number of nitrogens with one attached hydrogen (secondary N) is 3. The number of aliphatic hydroxyl groups is 1. The van der Waals surface area contributed by atoms with E-state index in [1.54, 1.807) is 30.3 Å². The molecule has 2 heterocycles. The van der Waals surface area contributed by atoms with Crippen molar-refractivity contribution in [2.75, 3.05) is 19.5 Å². The van der Waals surface area contributed by atoms with Gasteiger partial charge in [0.1, 0.15) is 5.82 Å². The number of carbonyl (C=O) groups is 3. The topological polar surface area (TPSA) is 120 Å². The summed E-state index contributed by atoms with van der Waals surface area (Å²) in [5, 5.41) is 19.4. The largest absolute Gasteiger partial charge is 0.381 e. The molecule has 2 atom stereocenters. The molecule has 0 bridgehead atoms. The highest BCUT2D eigenvalue weighted by atomic mass is 19.1. The molecule has 3 amide bonds. The second-order valence-corrected chi connectivity index (χ2v) is 8.00. The van der Waals surface area contributed by atoms with Gasteiger partial charge >= 0.3 is 0 Å². The third kappa shape index (κ3) is 3.91. The summed E-state index contributed by atoms with van der Waals surface area (Å²) in [5.41, 5.74) is 0.187. The van der Waals surface area contributed by atoms with E-state index in [2.05, 4.69) is 16.0 Å². The molecule has 0 spiro atoms. The lowest BCUT2D eigenvalue weighted by Crippen LogP contribution is -2.66. The molecule has 2 aliphatic rings. The minimum atomic E-state index is -1.70. The quantitative estimate of drug-likeness (QED) is 0.521. The molecule has 0 radical (unpaired) electrons. The van der Waals surface area contributed by atoms with Gasteiger partial charge in [0, 0.05) is 55.9 Å². The van der Waals surface area contributed by atoms with Crippen LogP contribution in [0.5, 0.6) is 0 Å². The predicted molar refractivity (Wildman–Crippen MR) is 117 cm³/mol. The van der Waals surface area contributed by atoms with Gasteiger partial charge in [0.25, 0.3) is 11.8 Å². The number of ether oxygens (including phenoxy) is 1. The summed E-state index contributed by atoms with van der Waals surface area (Å²) in [6.07, 6.45) is -0.963. The third-order valence-corrected chi connectivity index (χ3v) is 6.12. The van der Waals surface area contributed by atoms with Crippen molar-refractivity contribution in [2.24, 2.45) is 0 Å². The number of benzene rings is 2. The fourth-order valence-electron chi connectivity index (χ4n) is 4.31. The van der Waals surface area contributed by atoms with E-state index < -0.39 is 23.7 Å². The van der Waals surface area contributed by atoms with Gasteiger partial charge in [0.2, 0.25) is 5.91 Å². The van der Waals surface area contributed by atoms with Gasteiger partial charge in [-0.05, 0) is 18.2 Å². The van der Waals surface area contributed by atoms with E-state index in [4.69, 9.17) is 4.74 Å². The first-order valence-corrected chi connectivity index (χ1v) is 10.5. The Balaban J connectivity index is 1.58. The van der Waals surface area contributed by atoms with Crippen LogP contribution in [0.4, 0.5) is 10.1 Å². The van der Waals surface area contributed by atoms with E-state index in [0.29, 0.717) is 22.4 Å². The third-order valence-electron chi connectivity index (χ3n) is 6.12. The van der Waals surface area contributed by atoms with Crippen LogP contribution in [0.15, 0.2) is 36.4 Å². The van der Waals surface area contributed by atoms with Crippen molar-refractivity contribution >= 4 is 23.4 Å². The zero-order chi connectivity index (χ0) is 23.8. The van der Waals surface area contributed by atoms with Crippen molar-refractivity contribution in [3.05, 3.63) is 64.5 Å². The highest BCUT2D eigenvalue weighted by Gasteiger charge is 2.51. The molecule has 0 aromatic heterocycles. The number of rotatable bonds is 6. The van der Waals surface area contributed by atoms with Crippen LogP contribution in [0, 0.1) is 5.82 Å². The van der Waals surface area contributed by atoms with E-state index in [0.717, 1.165) is 0 Å². The molecule has 0 saturated carbocycles. The van der Waals surface area contributed by atoms with Gasteiger partial charge in [-0.15, -0.1) is 0 Å². The number of nitrogens with zero attached hydrogens (tertiary/aromatic N) is 1. The maximum atomic E-state index is 14.8. The van der Waals surface area contributed by atoms with Crippen LogP contribution in [0.25, 0.3) is 0 Å². The SMILES string of the molecule is CNC(=O)c1cccc(CNc2cccc3c2CN([C@]2(O)CCC(=O)N[C@@H]2OC)C3=O)c1F. The molecule has 2 aliphatic heterocycles. The summed E-state index contributed by atoms with van der Waals surface area (Å²) in [6, 6.07) is 9.69. The van der Waals surface area contributed by atoms with E-state index in [1.807, 2.05) is 0 Å². The number of piperidine rings is 1. The van der Waals surface area contributed by atoms with Crippen LogP contribution in [0.3, 0.4) is 0 Å². The van der Waals surface area contributed by atoms with E-state index in [-0.39, 0.29) is 43.3 Å². The first-order chi connectivity index (χ1) is 15.8. The van der Waals surface area contributed by atoms with Gasteiger partial charge < -0.3 is 30.7 Å². The Kier molecular flexibility index (Phi) is 6.05. The molecular weight excluding hydrogens is 431 g/mol. The van der Waals surface area contributed by atoms with E-state index in [1.165, 1.54) is 25.1 Å². The number of anilines is 1. The lowest BCUT2D eigenvalue weighted by molar-refractivity contribution is -0.201. The zero-order valence-corrected chi connectivity index (χ0v) is 18.3. The summed E-state index contributed by atoms with van der Waals surface area (Å²) in [5.74, 6) is -1.79. The summed E-state index contributed by atoms with van der Waals surface area (Å²) >= 11 is 0. The molecule has 2 aromatic rings. The summed E-state index contributed by atoms with van der Waals surface area (Å²) in [4.78, 5) is 38.1. The number of carbonyl (C=O) groups excluding carboxylic acids is 3. The molecule has 33 heavy (non-hydrogen) atoms. The van der Waals surface area contributed by atoms with Gasteiger partial charge in [0.05, 0.1) is 12.1 Å². The maximum Gasteiger partial charge on any atom is 0.256 e. The minimum absolute atomic E-state index is 0.0390. The Morgan fingerprint density at radius 2 is 2.06 bits per heavy atom. The second kappa shape index (κ2) is 8.80. The average molecular weight is 456 g/mol. The maximum absolute atomic E-state index is 14.8. The standard InChI is InChI=1S/C23H25FN4O5/c1-25-20(30)15-7-3-5-13(19(15)24)11-26-17-8-4-6-14-16(17)12-28(21(14)31)23(32)10-9-18(29)27-22(23)33-2/h3-8,22,26,32H,9-12H2,1-2H3,(H,25,30)(H,27,29)/t22-,23+/m1/s1. The molecular formula is C23H25FN4O5. The van der Waals surface area contributed by atoms with Crippen LogP contribution in [0.1, 0.15) is 44.7 Å². The van der Waals surface area contributed by atoms with Crippen molar-refractivity contribution in [3.8, 4) is 0 Å². The van der Waals surface area contributed by atoms with Gasteiger partial charge in [0.15, 0.2) is 12.0 Å². The number of halogens is 1. The van der Waals surface area contributed by atoms with Gasteiger partial charge in [-0.3, -0.25) is 14.4 Å². The first kappa shape index (κ1) is 22.7. The Morgan fingerprint density at radius 1 is 1.30 bits per heavy atom. The molecule has 10 heteroatoms. The Hall–Kier alpha value is -3.50. The predicted octanol–water partition coefficient (Wildman–Crippen LogP) is 1.32. The molecule has 174 valence electrons. The number of hydrogen-bond acceptors (Lipinski definition) is 6. The van der Waals surface area contributed by atoms with Crippen LogP contribution in [-0.4, -0.2) is 53.8 Å². The van der Waals surface area contributed by atoms with Crippen LogP contribution < -0.4 is 16.0 Å². The van der Waals surface area contributed by atoms with Crippen molar-refractivity contribution in [3.63, 3.8) is 0 Å². The van der Waals surface area contributed by atoms with Gasteiger partial charge in [-0.2, -0.15) is 0 Å². The molecule has 1 fully saturated rings. The van der Waals surface area contributed by atoms with Crippen molar-refractivity contribution in [1.82, 2.24) is 15.5 Å². The Morgan fingerprint density at radius 3 is 2.79 bits per heavy atom. The smallest absolute Gasteiger partial charge is 0.256 e. The van der Waals surface area contributed by atoms with Crippen LogP contribution in [-0.2, 0) is 22.6 Å². The lowest BCUT2D eigenvalue weighted by Gasteiger charge is -2.44. The molecule has 0 aliphatic carbocycles. The fourth-order valence-corrected chi connectivity index (χ4v) is 4.31. The van der Waals surface area contributed by atoms with Crippen molar-refractivity contribution in [1.29, 1.82) is 0 Å². The molecule has 0 unspecified atom stereocenters. The number of methoxy groups -OCH3 is 1. The Labute approximate surface area is 189 Å². The summed E-state index contributed by atoms with van der Waals surface area (Å²) in [7, 11) is 2.78. The Bertz CT molecular complexity index is 1120. The van der Waals surface area contributed by atoms with Gasteiger partial charge in [-0.1, -0.05) is 18.2 Å².